The number of rotatable bonds is 2. The van der Waals surface area contributed by atoms with E-state index < -0.39 is 4.33 Å². The van der Waals surface area contributed by atoms with Crippen molar-refractivity contribution in [3.8, 4) is 0 Å². The first-order valence-corrected chi connectivity index (χ1v) is 5.92. The number of nitrogens with one attached hydrogen (secondary N) is 1. The molecule has 1 saturated carbocycles. The smallest absolute Gasteiger partial charge is 0.230 e. The average molecular weight is 258 g/mol. The van der Waals surface area contributed by atoms with Crippen LogP contribution in [0.5, 0.6) is 0 Å². The highest BCUT2D eigenvalue weighted by Crippen LogP contribution is 2.53. The predicted octanol–water partition coefficient (Wildman–Crippen LogP) is 3.44. The summed E-state index contributed by atoms with van der Waals surface area (Å²) in [7, 11) is 0. The lowest BCUT2D eigenvalue weighted by atomic mass is 10.1. The van der Waals surface area contributed by atoms with Crippen molar-refractivity contribution in [2.24, 2.45) is 5.92 Å². The van der Waals surface area contributed by atoms with Gasteiger partial charge in [-0.25, -0.2) is 0 Å². The highest BCUT2D eigenvalue weighted by molar-refractivity contribution is 6.52. The summed E-state index contributed by atoms with van der Waals surface area (Å²) in [5.74, 6) is -0.380. The van der Waals surface area contributed by atoms with Gasteiger partial charge in [0.25, 0.3) is 0 Å². The van der Waals surface area contributed by atoms with Gasteiger partial charge >= 0.3 is 0 Å². The minimum absolute atomic E-state index is 0.0984. The summed E-state index contributed by atoms with van der Waals surface area (Å²) in [5.41, 5.74) is 2.98. The van der Waals surface area contributed by atoms with Crippen LogP contribution in [0.4, 0.5) is 5.69 Å². The van der Waals surface area contributed by atoms with Crippen molar-refractivity contribution in [3.63, 3.8) is 0 Å². The molecule has 1 aliphatic carbocycles. The first-order valence-electron chi connectivity index (χ1n) is 5.16. The Morgan fingerprint density at radius 2 is 2.06 bits per heavy atom. The molecule has 1 aromatic carbocycles. The Kier molecular flexibility index (Phi) is 2.89. The van der Waals surface area contributed by atoms with E-state index >= 15 is 0 Å². The van der Waals surface area contributed by atoms with Crippen LogP contribution in [0.25, 0.3) is 0 Å². The molecule has 86 valence electrons. The summed E-state index contributed by atoms with van der Waals surface area (Å²) in [5, 5.41) is 2.86. The molecule has 0 spiro atoms. The zero-order valence-corrected chi connectivity index (χ0v) is 10.7. The molecule has 1 aromatic rings. The van der Waals surface area contributed by atoms with Crippen LogP contribution in [0.15, 0.2) is 18.2 Å². The fourth-order valence-corrected chi connectivity index (χ4v) is 2.09. The van der Waals surface area contributed by atoms with Gasteiger partial charge in [-0.05, 0) is 37.5 Å². The fourth-order valence-electron chi connectivity index (χ4n) is 1.59. The van der Waals surface area contributed by atoms with E-state index in [1.165, 1.54) is 0 Å². The third-order valence-corrected chi connectivity index (χ3v) is 3.63. The van der Waals surface area contributed by atoms with E-state index in [0.717, 1.165) is 16.8 Å². The molecule has 0 aromatic heterocycles. The molecule has 1 atom stereocenters. The van der Waals surface area contributed by atoms with Gasteiger partial charge in [-0.1, -0.05) is 12.1 Å². The molecule has 0 aliphatic heterocycles. The van der Waals surface area contributed by atoms with E-state index in [-0.39, 0.29) is 11.8 Å². The molecule has 1 amide bonds. The number of anilines is 1. The van der Waals surface area contributed by atoms with Gasteiger partial charge in [-0.2, -0.15) is 0 Å². The van der Waals surface area contributed by atoms with Crippen molar-refractivity contribution in [1.82, 2.24) is 0 Å². The largest absolute Gasteiger partial charge is 0.326 e. The van der Waals surface area contributed by atoms with Crippen LogP contribution in [0.2, 0.25) is 0 Å². The van der Waals surface area contributed by atoms with Crippen molar-refractivity contribution in [2.75, 3.05) is 5.32 Å². The van der Waals surface area contributed by atoms with E-state index in [4.69, 9.17) is 23.2 Å². The molecular weight excluding hydrogens is 245 g/mol. The van der Waals surface area contributed by atoms with Crippen molar-refractivity contribution in [1.29, 1.82) is 0 Å². The van der Waals surface area contributed by atoms with Crippen LogP contribution in [0, 0.1) is 19.8 Å². The van der Waals surface area contributed by atoms with E-state index in [2.05, 4.69) is 5.32 Å². The summed E-state index contributed by atoms with van der Waals surface area (Å²) >= 11 is 11.7. The number of carbonyl (C=O) groups is 1. The Morgan fingerprint density at radius 3 is 2.62 bits per heavy atom. The Balaban J connectivity index is 2.10. The van der Waals surface area contributed by atoms with Crippen LogP contribution in [-0.4, -0.2) is 10.2 Å². The highest BCUT2D eigenvalue weighted by Gasteiger charge is 2.56. The van der Waals surface area contributed by atoms with Gasteiger partial charge in [0, 0.05) is 5.69 Å². The van der Waals surface area contributed by atoms with E-state index in [1.54, 1.807) is 0 Å². The number of carbonyl (C=O) groups excluding carboxylic acids is 1. The zero-order valence-electron chi connectivity index (χ0n) is 9.18. The monoisotopic (exact) mass is 257 g/mol. The van der Waals surface area contributed by atoms with Crippen LogP contribution in [-0.2, 0) is 4.79 Å². The molecule has 0 saturated heterocycles. The molecular formula is C12H13Cl2NO. The summed E-state index contributed by atoms with van der Waals surface area (Å²) in [4.78, 5) is 11.8. The number of hydrogen-bond acceptors (Lipinski definition) is 1. The SMILES string of the molecule is Cc1ccc(C)c(NC(=O)C2CC2(Cl)Cl)c1. The Bertz CT molecular complexity index is 443. The van der Waals surface area contributed by atoms with Crippen LogP contribution >= 0.6 is 23.2 Å². The summed E-state index contributed by atoms with van der Waals surface area (Å²) < 4.78 is -0.859. The zero-order chi connectivity index (χ0) is 11.9. The molecule has 2 rings (SSSR count). The third kappa shape index (κ3) is 2.33. The van der Waals surface area contributed by atoms with Crippen molar-refractivity contribution < 1.29 is 4.79 Å². The molecule has 1 aliphatic rings. The molecule has 1 fully saturated rings. The standard InChI is InChI=1S/C12H13Cl2NO/c1-7-3-4-8(2)10(5-7)15-11(16)9-6-12(9,13)14/h3-5,9H,6H2,1-2H3,(H,15,16). The number of amides is 1. The van der Waals surface area contributed by atoms with Crippen molar-refractivity contribution in [3.05, 3.63) is 29.3 Å². The van der Waals surface area contributed by atoms with Gasteiger partial charge in [-0.3, -0.25) is 4.79 Å². The topological polar surface area (TPSA) is 29.1 Å². The lowest BCUT2D eigenvalue weighted by Crippen LogP contribution is -2.17. The molecule has 0 bridgehead atoms. The first-order chi connectivity index (χ1) is 7.40. The minimum atomic E-state index is -0.859. The highest BCUT2D eigenvalue weighted by atomic mass is 35.5. The van der Waals surface area contributed by atoms with Gasteiger partial charge in [-0.15, -0.1) is 23.2 Å². The maximum atomic E-state index is 11.8. The van der Waals surface area contributed by atoms with Gasteiger partial charge in [0.15, 0.2) is 0 Å². The maximum Gasteiger partial charge on any atom is 0.230 e. The van der Waals surface area contributed by atoms with Gasteiger partial charge in [0.05, 0.1) is 5.92 Å². The minimum Gasteiger partial charge on any atom is -0.326 e. The molecule has 16 heavy (non-hydrogen) atoms. The molecule has 0 heterocycles. The molecule has 4 heteroatoms. The lowest BCUT2D eigenvalue weighted by Gasteiger charge is -2.09. The van der Waals surface area contributed by atoms with Crippen LogP contribution < -0.4 is 5.32 Å². The molecule has 0 radical (unpaired) electrons. The second kappa shape index (κ2) is 3.94. The summed E-state index contributed by atoms with van der Waals surface area (Å²) in [6, 6.07) is 5.93. The van der Waals surface area contributed by atoms with Crippen molar-refractivity contribution >= 4 is 34.8 Å². The normalized spacial score (nSPS) is 21.6. The van der Waals surface area contributed by atoms with E-state index in [0.29, 0.717) is 6.42 Å². The maximum absolute atomic E-state index is 11.8. The number of benzene rings is 1. The Morgan fingerprint density at radius 1 is 1.44 bits per heavy atom. The summed E-state index contributed by atoms with van der Waals surface area (Å²) in [6.07, 6.45) is 0.535. The lowest BCUT2D eigenvalue weighted by molar-refractivity contribution is -0.117. The van der Waals surface area contributed by atoms with E-state index in [1.807, 2.05) is 32.0 Å². The second-order valence-corrected chi connectivity index (χ2v) is 5.87. The summed E-state index contributed by atoms with van der Waals surface area (Å²) in [6.45, 7) is 3.94. The van der Waals surface area contributed by atoms with Gasteiger partial charge < -0.3 is 5.32 Å². The molecule has 1 N–H and O–H groups in total. The number of hydrogen-bond donors (Lipinski definition) is 1. The Labute approximate surface area is 105 Å². The predicted molar refractivity (Wildman–Crippen MR) is 67.1 cm³/mol. The number of halogens is 2. The molecule has 1 unspecified atom stereocenters. The number of alkyl halides is 2. The van der Waals surface area contributed by atoms with Crippen LogP contribution in [0.1, 0.15) is 17.5 Å². The van der Waals surface area contributed by atoms with Crippen LogP contribution in [0.3, 0.4) is 0 Å². The van der Waals surface area contributed by atoms with Crippen molar-refractivity contribution in [2.45, 2.75) is 24.6 Å². The Hall–Kier alpha value is -0.730. The van der Waals surface area contributed by atoms with E-state index in [9.17, 15) is 4.79 Å². The molecule has 2 nitrogen and oxygen atoms in total. The second-order valence-electron chi connectivity index (χ2n) is 4.33. The van der Waals surface area contributed by atoms with Gasteiger partial charge in [0.1, 0.15) is 4.33 Å². The van der Waals surface area contributed by atoms with Gasteiger partial charge in [0.2, 0.25) is 5.91 Å². The first kappa shape index (κ1) is 11.7. The quantitative estimate of drug-likeness (QED) is 0.809. The third-order valence-electron chi connectivity index (χ3n) is 2.79. The average Bonchev–Trinajstić information content (AvgIpc) is 2.82. The fraction of sp³-hybridized carbons (Fsp3) is 0.417. The number of aryl methyl sites for hydroxylation is 2.